The Morgan fingerprint density at radius 3 is 2.90 bits per heavy atom. The molecule has 2 aromatic rings. The maximum Gasteiger partial charge on any atom is 0.110 e. The van der Waals surface area contributed by atoms with Crippen LogP contribution in [0, 0.1) is 0 Å². The Morgan fingerprint density at radius 1 is 1.45 bits per heavy atom. The molecule has 108 valence electrons. The molecule has 1 heterocycles. The Kier molecular flexibility index (Phi) is 5.60. The SMILES string of the molecule is CCCn1ccnc1CC(NN)c1cc(Cl)cc(Br)c1. The third-order valence-electron chi connectivity index (χ3n) is 3.14. The molecule has 4 nitrogen and oxygen atoms in total. The quantitative estimate of drug-likeness (QED) is 0.615. The second kappa shape index (κ2) is 7.22. The van der Waals surface area contributed by atoms with Crippen LogP contribution in [-0.2, 0) is 13.0 Å². The fourth-order valence-corrected chi connectivity index (χ4v) is 3.09. The monoisotopic (exact) mass is 356 g/mol. The van der Waals surface area contributed by atoms with Crippen LogP contribution in [0.4, 0.5) is 0 Å². The van der Waals surface area contributed by atoms with Crippen LogP contribution in [0.15, 0.2) is 35.1 Å². The normalized spacial score (nSPS) is 12.6. The fourth-order valence-electron chi connectivity index (χ4n) is 2.21. The van der Waals surface area contributed by atoms with Crippen molar-refractivity contribution in [3.8, 4) is 0 Å². The summed E-state index contributed by atoms with van der Waals surface area (Å²) in [6, 6.07) is 5.77. The average Bonchev–Trinajstić information content (AvgIpc) is 2.82. The summed E-state index contributed by atoms with van der Waals surface area (Å²) in [5.41, 5.74) is 3.89. The highest BCUT2D eigenvalue weighted by Gasteiger charge is 2.15. The Morgan fingerprint density at radius 2 is 2.25 bits per heavy atom. The molecule has 6 heteroatoms. The van der Waals surface area contributed by atoms with Gasteiger partial charge in [-0.25, -0.2) is 4.98 Å². The van der Waals surface area contributed by atoms with E-state index in [0.29, 0.717) is 5.02 Å². The largest absolute Gasteiger partial charge is 0.335 e. The van der Waals surface area contributed by atoms with Crippen molar-refractivity contribution in [3.63, 3.8) is 0 Å². The summed E-state index contributed by atoms with van der Waals surface area (Å²) in [5.74, 6) is 6.72. The van der Waals surface area contributed by atoms with E-state index in [4.69, 9.17) is 17.4 Å². The molecule has 0 amide bonds. The first-order chi connectivity index (χ1) is 9.63. The van der Waals surface area contributed by atoms with Gasteiger partial charge in [-0.1, -0.05) is 34.5 Å². The van der Waals surface area contributed by atoms with Crippen LogP contribution >= 0.6 is 27.5 Å². The van der Waals surface area contributed by atoms with Crippen LogP contribution in [0.5, 0.6) is 0 Å². The molecular formula is C14H18BrClN4. The van der Waals surface area contributed by atoms with Crippen molar-refractivity contribution < 1.29 is 0 Å². The maximum atomic E-state index is 6.09. The zero-order valence-corrected chi connectivity index (χ0v) is 13.7. The van der Waals surface area contributed by atoms with Crippen LogP contribution in [0.3, 0.4) is 0 Å². The van der Waals surface area contributed by atoms with E-state index in [-0.39, 0.29) is 6.04 Å². The summed E-state index contributed by atoms with van der Waals surface area (Å²) < 4.78 is 3.10. The third kappa shape index (κ3) is 3.82. The predicted molar refractivity (Wildman–Crippen MR) is 85.4 cm³/mol. The van der Waals surface area contributed by atoms with Crippen molar-refractivity contribution in [2.24, 2.45) is 5.84 Å². The van der Waals surface area contributed by atoms with Gasteiger partial charge in [-0.15, -0.1) is 0 Å². The summed E-state index contributed by atoms with van der Waals surface area (Å²) in [4.78, 5) is 4.42. The number of imidazole rings is 1. The van der Waals surface area contributed by atoms with Gasteiger partial charge in [-0.05, 0) is 30.2 Å². The summed E-state index contributed by atoms with van der Waals surface area (Å²) in [5, 5.41) is 0.687. The molecule has 3 N–H and O–H groups in total. The number of nitrogens with two attached hydrogens (primary N) is 1. The van der Waals surface area contributed by atoms with Crippen molar-refractivity contribution in [2.75, 3.05) is 0 Å². The minimum absolute atomic E-state index is 0.0250. The van der Waals surface area contributed by atoms with Crippen LogP contribution < -0.4 is 11.3 Å². The number of benzene rings is 1. The molecule has 0 radical (unpaired) electrons. The van der Waals surface area contributed by atoms with E-state index in [1.165, 1.54) is 0 Å². The number of nitrogens with zero attached hydrogens (tertiary/aromatic N) is 2. The van der Waals surface area contributed by atoms with E-state index in [1.807, 2.05) is 30.6 Å². The van der Waals surface area contributed by atoms with Gasteiger partial charge in [-0.3, -0.25) is 11.3 Å². The molecule has 0 aliphatic carbocycles. The van der Waals surface area contributed by atoms with Crippen LogP contribution in [0.2, 0.25) is 5.02 Å². The molecule has 0 aliphatic rings. The van der Waals surface area contributed by atoms with Gasteiger partial charge in [0, 0.05) is 34.9 Å². The lowest BCUT2D eigenvalue weighted by atomic mass is 10.0. The zero-order valence-electron chi connectivity index (χ0n) is 11.3. The minimum Gasteiger partial charge on any atom is -0.335 e. The smallest absolute Gasteiger partial charge is 0.110 e. The van der Waals surface area contributed by atoms with Crippen molar-refractivity contribution in [2.45, 2.75) is 32.4 Å². The Bertz CT molecular complexity index is 550. The second-order valence-electron chi connectivity index (χ2n) is 4.66. The Balaban J connectivity index is 2.22. The van der Waals surface area contributed by atoms with Crippen molar-refractivity contribution in [3.05, 3.63) is 51.5 Å². The number of rotatable bonds is 6. The maximum absolute atomic E-state index is 6.09. The van der Waals surface area contributed by atoms with Gasteiger partial charge >= 0.3 is 0 Å². The van der Waals surface area contributed by atoms with Gasteiger partial charge in [0.05, 0.1) is 6.04 Å². The second-order valence-corrected chi connectivity index (χ2v) is 6.02. The minimum atomic E-state index is -0.0250. The van der Waals surface area contributed by atoms with E-state index in [0.717, 1.165) is 35.2 Å². The topological polar surface area (TPSA) is 55.9 Å². The van der Waals surface area contributed by atoms with E-state index in [9.17, 15) is 0 Å². The highest BCUT2D eigenvalue weighted by molar-refractivity contribution is 9.10. The van der Waals surface area contributed by atoms with E-state index in [2.05, 4.69) is 37.8 Å². The average molecular weight is 358 g/mol. The molecule has 2 rings (SSSR count). The van der Waals surface area contributed by atoms with Crippen molar-refractivity contribution >= 4 is 27.5 Å². The van der Waals surface area contributed by atoms with Crippen LogP contribution in [-0.4, -0.2) is 9.55 Å². The van der Waals surface area contributed by atoms with E-state index >= 15 is 0 Å². The van der Waals surface area contributed by atoms with Crippen molar-refractivity contribution in [1.29, 1.82) is 0 Å². The highest BCUT2D eigenvalue weighted by Crippen LogP contribution is 2.25. The number of aryl methyl sites for hydroxylation is 1. The number of nitrogens with one attached hydrogen (secondary N) is 1. The number of hydrazine groups is 1. The summed E-state index contributed by atoms with van der Waals surface area (Å²) >= 11 is 9.55. The van der Waals surface area contributed by atoms with Gasteiger partial charge in [0.2, 0.25) is 0 Å². The molecular weight excluding hydrogens is 340 g/mol. The molecule has 1 unspecified atom stereocenters. The molecule has 0 fully saturated rings. The first kappa shape index (κ1) is 15.5. The molecule has 0 saturated heterocycles. The lowest BCUT2D eigenvalue weighted by molar-refractivity contribution is 0.517. The van der Waals surface area contributed by atoms with Gasteiger partial charge in [0.25, 0.3) is 0 Å². The molecule has 0 spiro atoms. The number of hydrogen-bond donors (Lipinski definition) is 2. The molecule has 1 aromatic carbocycles. The van der Waals surface area contributed by atoms with Gasteiger partial charge in [-0.2, -0.15) is 0 Å². The molecule has 1 aromatic heterocycles. The first-order valence-electron chi connectivity index (χ1n) is 6.56. The molecule has 1 atom stereocenters. The first-order valence-corrected chi connectivity index (χ1v) is 7.73. The molecule has 0 bridgehead atoms. The third-order valence-corrected chi connectivity index (χ3v) is 3.82. The van der Waals surface area contributed by atoms with Crippen LogP contribution in [0.1, 0.15) is 30.8 Å². The van der Waals surface area contributed by atoms with Crippen LogP contribution in [0.25, 0.3) is 0 Å². The van der Waals surface area contributed by atoms with Gasteiger partial charge < -0.3 is 4.57 Å². The summed E-state index contributed by atoms with van der Waals surface area (Å²) in [6.07, 6.45) is 5.62. The van der Waals surface area contributed by atoms with Gasteiger partial charge in [0.15, 0.2) is 0 Å². The number of hydrogen-bond acceptors (Lipinski definition) is 3. The molecule has 0 saturated carbocycles. The highest BCUT2D eigenvalue weighted by atomic mass is 79.9. The Labute approximate surface area is 132 Å². The van der Waals surface area contributed by atoms with Crippen molar-refractivity contribution in [1.82, 2.24) is 15.0 Å². The zero-order chi connectivity index (χ0) is 14.5. The molecule has 0 aliphatic heterocycles. The number of halogens is 2. The fraction of sp³-hybridized carbons (Fsp3) is 0.357. The lowest BCUT2D eigenvalue weighted by Gasteiger charge is -2.17. The summed E-state index contributed by atoms with van der Waals surface area (Å²) in [7, 11) is 0. The van der Waals surface area contributed by atoms with E-state index in [1.54, 1.807) is 0 Å². The van der Waals surface area contributed by atoms with Gasteiger partial charge in [0.1, 0.15) is 5.82 Å². The Hall–Kier alpha value is -0.880. The van der Waals surface area contributed by atoms with E-state index < -0.39 is 0 Å². The molecule has 20 heavy (non-hydrogen) atoms. The standard InChI is InChI=1S/C14H18BrClN4/c1-2-4-20-5-3-18-14(20)9-13(19-17)10-6-11(15)8-12(16)7-10/h3,5-8,13,19H,2,4,9,17H2,1H3. The predicted octanol–water partition coefficient (Wildman–Crippen LogP) is 3.46. The lowest BCUT2D eigenvalue weighted by Crippen LogP contribution is -2.30. The number of aromatic nitrogens is 2. The summed E-state index contributed by atoms with van der Waals surface area (Å²) in [6.45, 7) is 3.11.